The lowest BCUT2D eigenvalue weighted by atomic mass is 9.98. The molecule has 0 saturated heterocycles. The number of rotatable bonds is 5. The van der Waals surface area contributed by atoms with Crippen molar-refractivity contribution in [1.29, 1.82) is 0 Å². The minimum Gasteiger partial charge on any atom is -0.378 e. The molecule has 0 aromatic carbocycles. The second kappa shape index (κ2) is 4.33. The standard InChI is InChI=1S/C8H15NO6/c1-2-3-4-7(10,11)8(12,13)6-5-14-9-15-6/h5,9-13H,2-4H2,1H3. The summed E-state index contributed by atoms with van der Waals surface area (Å²) in [5.74, 6) is -6.11. The van der Waals surface area contributed by atoms with Gasteiger partial charge in [-0.2, -0.15) is 0 Å². The summed E-state index contributed by atoms with van der Waals surface area (Å²) in [6, 6.07) is 0. The molecular formula is C8H15NO6. The molecule has 0 spiro atoms. The minimum absolute atomic E-state index is 0.197. The van der Waals surface area contributed by atoms with Crippen LogP contribution >= 0.6 is 0 Å². The number of nitrogens with one attached hydrogen (secondary N) is 1. The van der Waals surface area contributed by atoms with Gasteiger partial charge in [0.2, 0.25) is 11.5 Å². The van der Waals surface area contributed by atoms with Crippen molar-refractivity contribution in [1.82, 2.24) is 5.64 Å². The van der Waals surface area contributed by atoms with Crippen LogP contribution in [-0.4, -0.2) is 32.0 Å². The molecule has 0 aromatic heterocycles. The Hall–Kier alpha value is -0.860. The lowest BCUT2D eigenvalue weighted by Gasteiger charge is -2.33. The topological polar surface area (TPSA) is 111 Å². The first-order valence-electron chi connectivity index (χ1n) is 4.59. The van der Waals surface area contributed by atoms with Crippen molar-refractivity contribution in [3.05, 3.63) is 12.0 Å². The average Bonchev–Trinajstić information content (AvgIpc) is 2.67. The molecule has 0 aromatic rings. The monoisotopic (exact) mass is 221 g/mol. The van der Waals surface area contributed by atoms with E-state index in [1.165, 1.54) is 0 Å². The van der Waals surface area contributed by atoms with Crippen molar-refractivity contribution in [3.63, 3.8) is 0 Å². The van der Waals surface area contributed by atoms with Gasteiger partial charge in [0, 0.05) is 12.1 Å². The van der Waals surface area contributed by atoms with Gasteiger partial charge in [-0.3, -0.25) is 0 Å². The largest absolute Gasteiger partial charge is 0.378 e. The van der Waals surface area contributed by atoms with E-state index in [1.54, 1.807) is 0 Å². The smallest absolute Gasteiger partial charge is 0.284 e. The molecule has 0 atom stereocenters. The van der Waals surface area contributed by atoms with Crippen LogP contribution in [0.4, 0.5) is 0 Å². The summed E-state index contributed by atoms with van der Waals surface area (Å²) in [7, 11) is 0. The maximum atomic E-state index is 9.51. The zero-order chi connectivity index (χ0) is 11.5. The summed E-state index contributed by atoms with van der Waals surface area (Å²) in [5, 5.41) is 38.0. The fraction of sp³-hybridized carbons (Fsp3) is 0.750. The summed E-state index contributed by atoms with van der Waals surface area (Å²) < 4.78 is 0. The minimum atomic E-state index is -2.91. The van der Waals surface area contributed by atoms with Crippen molar-refractivity contribution >= 4 is 0 Å². The Morgan fingerprint density at radius 3 is 2.47 bits per heavy atom. The molecule has 0 bridgehead atoms. The highest BCUT2D eigenvalue weighted by atomic mass is 16.9. The third kappa shape index (κ3) is 2.39. The van der Waals surface area contributed by atoms with E-state index in [0.717, 1.165) is 6.26 Å². The van der Waals surface area contributed by atoms with E-state index < -0.39 is 17.3 Å². The summed E-state index contributed by atoms with van der Waals surface area (Å²) >= 11 is 0. The quantitative estimate of drug-likeness (QED) is 0.372. The Bertz CT molecular complexity index is 250. The Balaban J connectivity index is 2.73. The molecule has 5 N–H and O–H groups in total. The van der Waals surface area contributed by atoms with E-state index in [9.17, 15) is 20.4 Å². The third-order valence-corrected chi connectivity index (χ3v) is 2.15. The number of unbranched alkanes of at least 4 members (excludes halogenated alkanes) is 1. The van der Waals surface area contributed by atoms with Gasteiger partial charge in [-0.15, -0.1) is 0 Å². The highest BCUT2D eigenvalue weighted by Gasteiger charge is 2.53. The SMILES string of the molecule is CCCCC(O)(O)C(O)(O)C1=CONO1. The fourth-order valence-electron chi connectivity index (χ4n) is 1.12. The van der Waals surface area contributed by atoms with Crippen LogP contribution in [0.25, 0.3) is 0 Å². The average molecular weight is 221 g/mol. The molecule has 7 nitrogen and oxygen atoms in total. The van der Waals surface area contributed by atoms with E-state index in [-0.39, 0.29) is 6.42 Å². The predicted molar refractivity (Wildman–Crippen MR) is 47.3 cm³/mol. The molecule has 0 radical (unpaired) electrons. The second-order valence-electron chi connectivity index (χ2n) is 3.38. The molecule has 0 unspecified atom stereocenters. The van der Waals surface area contributed by atoms with Gasteiger partial charge in [0.05, 0.1) is 0 Å². The van der Waals surface area contributed by atoms with Gasteiger partial charge in [-0.25, -0.2) is 0 Å². The molecular weight excluding hydrogens is 206 g/mol. The van der Waals surface area contributed by atoms with Gasteiger partial charge in [-0.1, -0.05) is 13.3 Å². The van der Waals surface area contributed by atoms with Crippen LogP contribution in [0.15, 0.2) is 12.0 Å². The third-order valence-electron chi connectivity index (χ3n) is 2.15. The van der Waals surface area contributed by atoms with Crippen LogP contribution in [0, 0.1) is 0 Å². The Morgan fingerprint density at radius 1 is 1.33 bits per heavy atom. The van der Waals surface area contributed by atoms with Gasteiger partial charge in [-0.05, 0) is 6.42 Å². The molecule has 1 heterocycles. The molecule has 1 aliphatic heterocycles. The Morgan fingerprint density at radius 2 is 2.00 bits per heavy atom. The number of hydrogen-bond donors (Lipinski definition) is 5. The van der Waals surface area contributed by atoms with Gasteiger partial charge >= 0.3 is 0 Å². The van der Waals surface area contributed by atoms with E-state index in [4.69, 9.17) is 0 Å². The van der Waals surface area contributed by atoms with E-state index in [2.05, 4.69) is 9.68 Å². The molecule has 88 valence electrons. The van der Waals surface area contributed by atoms with Crippen LogP contribution in [-0.2, 0) is 9.68 Å². The van der Waals surface area contributed by atoms with Crippen LogP contribution in [0.1, 0.15) is 26.2 Å². The molecule has 0 fully saturated rings. The molecule has 0 aliphatic carbocycles. The highest BCUT2D eigenvalue weighted by molar-refractivity contribution is 5.08. The first kappa shape index (κ1) is 12.2. The van der Waals surface area contributed by atoms with Crippen LogP contribution in [0.2, 0.25) is 0 Å². The summed E-state index contributed by atoms with van der Waals surface area (Å²) in [6.07, 6.45) is 1.76. The second-order valence-corrected chi connectivity index (χ2v) is 3.38. The maximum absolute atomic E-state index is 9.51. The zero-order valence-electron chi connectivity index (χ0n) is 8.30. The van der Waals surface area contributed by atoms with Crippen LogP contribution in [0.5, 0.6) is 0 Å². The summed E-state index contributed by atoms with van der Waals surface area (Å²) in [6.45, 7) is 1.84. The van der Waals surface area contributed by atoms with Gasteiger partial charge in [0.1, 0.15) is 0 Å². The molecule has 15 heavy (non-hydrogen) atoms. The van der Waals surface area contributed by atoms with Crippen LogP contribution < -0.4 is 5.64 Å². The van der Waals surface area contributed by atoms with Gasteiger partial charge in [0.25, 0.3) is 5.79 Å². The van der Waals surface area contributed by atoms with Crippen molar-refractivity contribution in [2.45, 2.75) is 37.8 Å². The van der Waals surface area contributed by atoms with Crippen molar-refractivity contribution in [3.8, 4) is 0 Å². The molecule has 7 heteroatoms. The Kier molecular flexibility index (Phi) is 3.53. The number of hydrogen-bond acceptors (Lipinski definition) is 7. The summed E-state index contributed by atoms with van der Waals surface area (Å²) in [4.78, 5) is 8.82. The van der Waals surface area contributed by atoms with Crippen molar-refractivity contribution < 1.29 is 30.1 Å². The van der Waals surface area contributed by atoms with Crippen molar-refractivity contribution in [2.24, 2.45) is 0 Å². The van der Waals surface area contributed by atoms with E-state index in [1.807, 2.05) is 12.6 Å². The van der Waals surface area contributed by atoms with Crippen LogP contribution in [0.3, 0.4) is 0 Å². The lowest BCUT2D eigenvalue weighted by Crippen LogP contribution is -2.56. The van der Waals surface area contributed by atoms with Gasteiger partial charge < -0.3 is 30.1 Å². The van der Waals surface area contributed by atoms with E-state index in [0.29, 0.717) is 12.8 Å². The maximum Gasteiger partial charge on any atom is 0.284 e. The molecule has 0 saturated carbocycles. The zero-order valence-corrected chi connectivity index (χ0v) is 8.30. The molecule has 1 rings (SSSR count). The molecule has 1 aliphatic rings. The first-order chi connectivity index (χ1) is 6.92. The normalized spacial score (nSPS) is 17.0. The number of aliphatic hydroxyl groups is 4. The fourth-order valence-corrected chi connectivity index (χ4v) is 1.12. The predicted octanol–water partition coefficient (Wildman–Crippen LogP) is -1.15. The highest BCUT2D eigenvalue weighted by Crippen LogP contribution is 2.31. The Labute approximate surface area is 86.5 Å². The van der Waals surface area contributed by atoms with Crippen molar-refractivity contribution in [2.75, 3.05) is 0 Å². The first-order valence-corrected chi connectivity index (χ1v) is 4.59. The summed E-state index contributed by atoms with van der Waals surface area (Å²) in [5.41, 5.74) is 1.87. The molecule has 0 amide bonds. The lowest BCUT2D eigenvalue weighted by molar-refractivity contribution is -0.353. The van der Waals surface area contributed by atoms with Gasteiger partial charge in [0.15, 0.2) is 6.26 Å². The van der Waals surface area contributed by atoms with E-state index >= 15 is 0 Å².